The predicted octanol–water partition coefficient (Wildman–Crippen LogP) is 3.40. The fraction of sp³-hybridized carbons (Fsp3) is 0.294. The molecule has 1 aromatic heterocycles. The molecular formula is C17H21N3OS. The zero-order valence-corrected chi connectivity index (χ0v) is 13.7. The number of pyridine rings is 1. The quantitative estimate of drug-likeness (QED) is 0.800. The number of benzene rings is 1. The molecule has 1 aromatic carbocycles. The summed E-state index contributed by atoms with van der Waals surface area (Å²) in [5.74, 6) is 0.584. The number of aryl methyl sites for hydroxylation is 1. The maximum atomic E-state index is 5.32. The molecule has 2 N–H and O–H groups in total. The number of anilines is 1. The molecule has 0 aliphatic rings. The Labute approximate surface area is 136 Å². The zero-order chi connectivity index (χ0) is 15.8. The molecule has 0 spiro atoms. The fourth-order valence-corrected chi connectivity index (χ4v) is 2.39. The third-order valence-corrected chi connectivity index (χ3v) is 3.51. The van der Waals surface area contributed by atoms with E-state index in [1.807, 2.05) is 12.1 Å². The molecule has 116 valence electrons. The standard InChI is InChI=1S/C17H21N3OS/c1-13(8-9-14-6-4-3-5-7-14)19-17(22)20-15-10-11-16(21-2)18-12-15/h3-7,10-13H,8-9H2,1-2H3,(H2,19,20,22)/t13-/m1/s1. The van der Waals surface area contributed by atoms with Crippen LogP contribution < -0.4 is 15.4 Å². The van der Waals surface area contributed by atoms with E-state index in [-0.39, 0.29) is 0 Å². The van der Waals surface area contributed by atoms with Gasteiger partial charge in [0.25, 0.3) is 0 Å². The molecule has 0 radical (unpaired) electrons. The van der Waals surface area contributed by atoms with E-state index in [2.05, 4.69) is 46.8 Å². The Bertz CT molecular complexity index is 587. The van der Waals surface area contributed by atoms with Crippen molar-refractivity contribution < 1.29 is 4.74 Å². The van der Waals surface area contributed by atoms with E-state index in [1.54, 1.807) is 19.4 Å². The van der Waals surface area contributed by atoms with Crippen LogP contribution in [0.1, 0.15) is 18.9 Å². The van der Waals surface area contributed by atoms with Crippen molar-refractivity contribution in [3.8, 4) is 5.88 Å². The van der Waals surface area contributed by atoms with Gasteiger partial charge in [0.05, 0.1) is 19.0 Å². The topological polar surface area (TPSA) is 46.2 Å². The van der Waals surface area contributed by atoms with Crippen molar-refractivity contribution in [2.75, 3.05) is 12.4 Å². The smallest absolute Gasteiger partial charge is 0.213 e. The van der Waals surface area contributed by atoms with Gasteiger partial charge in [-0.3, -0.25) is 0 Å². The lowest BCUT2D eigenvalue weighted by Crippen LogP contribution is -2.36. The van der Waals surface area contributed by atoms with Crippen LogP contribution in [0.5, 0.6) is 5.88 Å². The van der Waals surface area contributed by atoms with Crippen molar-refractivity contribution in [3.63, 3.8) is 0 Å². The summed E-state index contributed by atoms with van der Waals surface area (Å²) in [6, 6.07) is 14.4. The number of rotatable bonds is 6. The molecule has 4 nitrogen and oxygen atoms in total. The Morgan fingerprint density at radius 3 is 2.64 bits per heavy atom. The van der Waals surface area contributed by atoms with Crippen LogP contribution in [0.25, 0.3) is 0 Å². The highest BCUT2D eigenvalue weighted by Crippen LogP contribution is 2.11. The van der Waals surface area contributed by atoms with Crippen molar-refractivity contribution in [1.29, 1.82) is 0 Å². The van der Waals surface area contributed by atoms with Crippen LogP contribution in [-0.4, -0.2) is 23.2 Å². The van der Waals surface area contributed by atoms with Gasteiger partial charge in [0, 0.05) is 12.1 Å². The van der Waals surface area contributed by atoms with Gasteiger partial charge in [-0.15, -0.1) is 0 Å². The van der Waals surface area contributed by atoms with Crippen LogP contribution in [0, 0.1) is 0 Å². The lowest BCUT2D eigenvalue weighted by atomic mass is 10.1. The Kier molecular flexibility index (Phi) is 6.15. The van der Waals surface area contributed by atoms with Crippen LogP contribution in [0.2, 0.25) is 0 Å². The predicted molar refractivity (Wildman–Crippen MR) is 94.4 cm³/mol. The average Bonchev–Trinajstić information content (AvgIpc) is 2.54. The highest BCUT2D eigenvalue weighted by atomic mass is 32.1. The molecular weight excluding hydrogens is 294 g/mol. The van der Waals surface area contributed by atoms with Crippen molar-refractivity contribution in [2.45, 2.75) is 25.8 Å². The summed E-state index contributed by atoms with van der Waals surface area (Å²) in [7, 11) is 1.59. The van der Waals surface area contributed by atoms with Gasteiger partial charge in [0.2, 0.25) is 5.88 Å². The number of methoxy groups -OCH3 is 1. The molecule has 2 rings (SSSR count). The van der Waals surface area contributed by atoms with Crippen molar-refractivity contribution in [3.05, 3.63) is 54.2 Å². The molecule has 0 saturated carbocycles. The molecule has 22 heavy (non-hydrogen) atoms. The summed E-state index contributed by atoms with van der Waals surface area (Å²) in [5.41, 5.74) is 2.18. The Hall–Kier alpha value is -2.14. The minimum atomic E-state index is 0.298. The number of hydrogen-bond donors (Lipinski definition) is 2. The number of thiocarbonyl (C=S) groups is 1. The van der Waals surface area contributed by atoms with Gasteiger partial charge < -0.3 is 15.4 Å². The molecule has 0 aliphatic heterocycles. The molecule has 5 heteroatoms. The summed E-state index contributed by atoms with van der Waals surface area (Å²) >= 11 is 5.32. The first-order valence-electron chi connectivity index (χ1n) is 7.29. The van der Waals surface area contributed by atoms with E-state index in [1.165, 1.54) is 5.56 Å². The van der Waals surface area contributed by atoms with Crippen molar-refractivity contribution >= 4 is 23.0 Å². The summed E-state index contributed by atoms with van der Waals surface area (Å²) in [4.78, 5) is 4.13. The fourth-order valence-electron chi connectivity index (χ4n) is 2.07. The van der Waals surface area contributed by atoms with Crippen LogP contribution >= 0.6 is 12.2 Å². The highest BCUT2D eigenvalue weighted by molar-refractivity contribution is 7.80. The number of aromatic nitrogens is 1. The first-order valence-corrected chi connectivity index (χ1v) is 7.69. The van der Waals surface area contributed by atoms with Gasteiger partial charge in [-0.1, -0.05) is 30.3 Å². The van der Waals surface area contributed by atoms with Crippen LogP contribution in [0.15, 0.2) is 48.7 Å². The monoisotopic (exact) mass is 315 g/mol. The second kappa shape index (κ2) is 8.34. The molecule has 0 saturated heterocycles. The largest absolute Gasteiger partial charge is 0.481 e. The number of nitrogens with one attached hydrogen (secondary N) is 2. The van der Waals surface area contributed by atoms with E-state index in [0.717, 1.165) is 18.5 Å². The van der Waals surface area contributed by atoms with Gasteiger partial charge in [0.15, 0.2) is 5.11 Å². The van der Waals surface area contributed by atoms with E-state index in [4.69, 9.17) is 17.0 Å². The van der Waals surface area contributed by atoms with Gasteiger partial charge in [-0.2, -0.15) is 0 Å². The van der Waals surface area contributed by atoms with Crippen molar-refractivity contribution in [2.24, 2.45) is 0 Å². The normalized spacial score (nSPS) is 11.5. The van der Waals surface area contributed by atoms with E-state index >= 15 is 0 Å². The number of nitrogens with zero attached hydrogens (tertiary/aromatic N) is 1. The second-order valence-corrected chi connectivity index (χ2v) is 5.52. The second-order valence-electron chi connectivity index (χ2n) is 5.11. The summed E-state index contributed by atoms with van der Waals surface area (Å²) in [5, 5.41) is 7.02. The lowest BCUT2D eigenvalue weighted by Gasteiger charge is -2.17. The zero-order valence-electron chi connectivity index (χ0n) is 12.9. The average molecular weight is 315 g/mol. The first-order chi connectivity index (χ1) is 10.7. The molecule has 0 fully saturated rings. The summed E-state index contributed by atoms with van der Waals surface area (Å²) in [6.07, 6.45) is 3.75. The Morgan fingerprint density at radius 1 is 1.23 bits per heavy atom. The van der Waals surface area contributed by atoms with E-state index < -0.39 is 0 Å². The molecule has 1 atom stereocenters. The first kappa shape index (κ1) is 16.2. The minimum Gasteiger partial charge on any atom is -0.481 e. The SMILES string of the molecule is COc1ccc(NC(=S)N[C@H](C)CCc2ccccc2)cn1. The lowest BCUT2D eigenvalue weighted by molar-refractivity contribution is 0.398. The summed E-state index contributed by atoms with van der Waals surface area (Å²) < 4.78 is 5.03. The van der Waals surface area contributed by atoms with Gasteiger partial charge in [0.1, 0.15) is 0 Å². The maximum Gasteiger partial charge on any atom is 0.213 e. The number of ether oxygens (including phenoxy) is 1. The summed E-state index contributed by atoms with van der Waals surface area (Å²) in [6.45, 7) is 2.13. The third kappa shape index (κ3) is 5.33. The van der Waals surface area contributed by atoms with Gasteiger partial charge in [-0.25, -0.2) is 4.98 Å². The maximum absolute atomic E-state index is 5.32. The van der Waals surface area contributed by atoms with Crippen LogP contribution in [0.4, 0.5) is 5.69 Å². The number of hydrogen-bond acceptors (Lipinski definition) is 3. The highest BCUT2D eigenvalue weighted by Gasteiger charge is 2.05. The minimum absolute atomic E-state index is 0.298. The third-order valence-electron chi connectivity index (χ3n) is 3.29. The van der Waals surface area contributed by atoms with E-state index in [9.17, 15) is 0 Å². The van der Waals surface area contributed by atoms with Crippen LogP contribution in [-0.2, 0) is 6.42 Å². The molecule has 1 heterocycles. The van der Waals surface area contributed by atoms with Crippen molar-refractivity contribution in [1.82, 2.24) is 10.3 Å². The Balaban J connectivity index is 1.75. The molecule has 0 amide bonds. The molecule has 0 bridgehead atoms. The molecule has 0 aliphatic carbocycles. The van der Waals surface area contributed by atoms with Gasteiger partial charge in [-0.05, 0) is 43.6 Å². The molecule has 2 aromatic rings. The van der Waals surface area contributed by atoms with Crippen LogP contribution in [0.3, 0.4) is 0 Å². The molecule has 0 unspecified atom stereocenters. The van der Waals surface area contributed by atoms with Gasteiger partial charge >= 0.3 is 0 Å². The Morgan fingerprint density at radius 2 is 2.00 bits per heavy atom. The van der Waals surface area contributed by atoms with E-state index in [0.29, 0.717) is 17.0 Å².